The molecule has 0 saturated carbocycles. The van der Waals surface area contributed by atoms with Crippen molar-refractivity contribution in [2.75, 3.05) is 33.4 Å². The average molecular weight is 208 g/mol. The highest BCUT2D eigenvalue weighted by atomic mass is 15.3. The molecule has 0 fully saturated rings. The number of rotatable bonds is 5. The average Bonchev–Trinajstić information content (AvgIpc) is 1.99. The quantitative estimate of drug-likeness (QED) is 0.634. The van der Waals surface area contributed by atoms with Crippen LogP contribution in [0.25, 0.3) is 0 Å². The molecular formula is C12H36N2. The van der Waals surface area contributed by atoms with Crippen LogP contribution < -0.4 is 0 Å². The minimum Gasteiger partial charge on any atom is -0.294 e. The normalized spacial score (nSPS) is 8.14. The third-order valence-corrected chi connectivity index (χ3v) is 1.88. The zero-order valence-electron chi connectivity index (χ0n) is 7.72. The Morgan fingerprint density at radius 1 is 0.714 bits per heavy atom. The molecule has 0 N–H and O–H groups in total. The molecule has 0 radical (unpaired) electrons. The van der Waals surface area contributed by atoms with Gasteiger partial charge in [0.1, 0.15) is 0 Å². The molecule has 14 heavy (non-hydrogen) atoms. The predicted octanol–water partition coefficient (Wildman–Crippen LogP) is 3.78. The van der Waals surface area contributed by atoms with Crippen LogP contribution in [0.5, 0.6) is 0 Å². The summed E-state index contributed by atoms with van der Waals surface area (Å²) < 4.78 is 0. The van der Waals surface area contributed by atoms with Crippen molar-refractivity contribution in [3.05, 3.63) is 0 Å². The Labute approximate surface area is 94.3 Å². The van der Waals surface area contributed by atoms with Crippen molar-refractivity contribution in [2.24, 2.45) is 0 Å². The molecule has 2 nitrogen and oxygen atoms in total. The van der Waals surface area contributed by atoms with E-state index in [4.69, 9.17) is 0 Å². The van der Waals surface area contributed by atoms with Gasteiger partial charge in [-0.3, -0.25) is 9.80 Å². The summed E-state index contributed by atoms with van der Waals surface area (Å²) in [5, 5.41) is 0. The first-order chi connectivity index (χ1) is 4.74. The maximum Gasteiger partial charge on any atom is 0.0503 e. The molecule has 2 heteroatoms. The largest absolute Gasteiger partial charge is 0.294 e. The summed E-state index contributed by atoms with van der Waals surface area (Å²) in [6.45, 7) is 11.1. The fraction of sp³-hybridized carbons (Fsp3) is 1.00. The highest BCUT2D eigenvalue weighted by Gasteiger charge is 2.00. The maximum atomic E-state index is 2.41. The summed E-state index contributed by atoms with van der Waals surface area (Å²) in [6, 6.07) is 0. The van der Waals surface area contributed by atoms with Gasteiger partial charge in [0.2, 0.25) is 0 Å². The van der Waals surface area contributed by atoms with E-state index in [0.29, 0.717) is 0 Å². The Morgan fingerprint density at radius 2 is 1.07 bits per heavy atom. The summed E-state index contributed by atoms with van der Waals surface area (Å²) >= 11 is 0. The minimum absolute atomic E-state index is 0. The monoisotopic (exact) mass is 208 g/mol. The molecule has 0 aliphatic heterocycles. The lowest BCUT2D eigenvalue weighted by Crippen LogP contribution is -2.35. The molecule has 0 spiro atoms. The van der Waals surface area contributed by atoms with E-state index < -0.39 is 0 Å². The van der Waals surface area contributed by atoms with Crippen LogP contribution >= 0.6 is 0 Å². The van der Waals surface area contributed by atoms with E-state index in [9.17, 15) is 0 Å². The van der Waals surface area contributed by atoms with Gasteiger partial charge >= 0.3 is 0 Å². The Balaban J connectivity index is -0.0000000675. The van der Waals surface area contributed by atoms with Gasteiger partial charge in [-0.2, -0.15) is 0 Å². The fourth-order valence-corrected chi connectivity index (χ4v) is 0.865. The third kappa shape index (κ3) is 14.4. The van der Waals surface area contributed by atoms with E-state index in [1.165, 1.54) is 0 Å². The van der Waals surface area contributed by atoms with Crippen LogP contribution in [0.2, 0.25) is 0 Å². The number of hydrogen-bond acceptors (Lipinski definition) is 2. The summed E-state index contributed by atoms with van der Waals surface area (Å²) in [6.07, 6.45) is 0. The molecule has 0 bridgehead atoms. The zero-order valence-corrected chi connectivity index (χ0v) is 7.72. The standard InChI is InChI=1S/C8H20N2.4CH4/c1-5-9(4)8-10(6-2)7-3;;;;/h5-8H2,1-4H3;4*1H4. The number of nitrogens with zero attached hydrogens (tertiary/aromatic N) is 2. The molecule has 94 valence electrons. The van der Waals surface area contributed by atoms with Gasteiger partial charge < -0.3 is 0 Å². The zero-order chi connectivity index (χ0) is 7.98. The van der Waals surface area contributed by atoms with Crippen LogP contribution in [0, 0.1) is 0 Å². The molecule has 0 heterocycles. The van der Waals surface area contributed by atoms with E-state index in [0.717, 1.165) is 26.3 Å². The first kappa shape index (κ1) is 29.2. The van der Waals surface area contributed by atoms with Crippen molar-refractivity contribution in [3.8, 4) is 0 Å². The molecule has 0 rings (SSSR count). The Kier molecular flexibility index (Phi) is 38.9. The summed E-state index contributed by atoms with van der Waals surface area (Å²) in [5.74, 6) is 0. The SMILES string of the molecule is C.C.C.C.CCN(C)CN(CC)CC. The maximum absolute atomic E-state index is 2.41. The van der Waals surface area contributed by atoms with E-state index in [2.05, 4.69) is 37.6 Å². The van der Waals surface area contributed by atoms with Crippen LogP contribution in [-0.2, 0) is 0 Å². The lowest BCUT2D eigenvalue weighted by molar-refractivity contribution is 0.173. The summed E-state index contributed by atoms with van der Waals surface area (Å²) in [5.41, 5.74) is 0. The molecular weight excluding hydrogens is 172 g/mol. The van der Waals surface area contributed by atoms with Crippen LogP contribution in [-0.4, -0.2) is 43.2 Å². The van der Waals surface area contributed by atoms with Crippen LogP contribution in [0.15, 0.2) is 0 Å². The smallest absolute Gasteiger partial charge is 0.0503 e. The van der Waals surface area contributed by atoms with Crippen LogP contribution in [0.1, 0.15) is 50.5 Å². The van der Waals surface area contributed by atoms with E-state index >= 15 is 0 Å². The van der Waals surface area contributed by atoms with Gasteiger partial charge in [0.25, 0.3) is 0 Å². The summed E-state index contributed by atoms with van der Waals surface area (Å²) in [4.78, 5) is 4.72. The second-order valence-electron chi connectivity index (χ2n) is 2.62. The lowest BCUT2D eigenvalue weighted by atomic mass is 10.5. The van der Waals surface area contributed by atoms with Crippen molar-refractivity contribution < 1.29 is 0 Å². The highest BCUT2D eigenvalue weighted by Crippen LogP contribution is 1.89. The van der Waals surface area contributed by atoms with Gasteiger partial charge in [0, 0.05) is 0 Å². The van der Waals surface area contributed by atoms with E-state index in [1.54, 1.807) is 0 Å². The minimum atomic E-state index is 0. The van der Waals surface area contributed by atoms with Gasteiger partial charge in [-0.25, -0.2) is 0 Å². The lowest BCUT2D eigenvalue weighted by Gasteiger charge is -2.24. The van der Waals surface area contributed by atoms with Gasteiger partial charge in [-0.1, -0.05) is 50.5 Å². The molecule has 0 amide bonds. The first-order valence-corrected chi connectivity index (χ1v) is 4.15. The first-order valence-electron chi connectivity index (χ1n) is 4.15. The van der Waals surface area contributed by atoms with Crippen LogP contribution in [0.3, 0.4) is 0 Å². The second kappa shape index (κ2) is 18.7. The second-order valence-corrected chi connectivity index (χ2v) is 2.62. The van der Waals surface area contributed by atoms with Crippen molar-refractivity contribution in [1.29, 1.82) is 0 Å². The molecule has 0 aliphatic carbocycles. The van der Waals surface area contributed by atoms with Crippen molar-refractivity contribution in [2.45, 2.75) is 50.5 Å². The molecule has 0 unspecified atom stereocenters. The van der Waals surface area contributed by atoms with Gasteiger partial charge in [-0.15, -0.1) is 0 Å². The Morgan fingerprint density at radius 3 is 1.29 bits per heavy atom. The van der Waals surface area contributed by atoms with Crippen molar-refractivity contribution in [1.82, 2.24) is 9.80 Å². The van der Waals surface area contributed by atoms with Crippen LogP contribution in [0.4, 0.5) is 0 Å². The third-order valence-electron chi connectivity index (χ3n) is 1.88. The van der Waals surface area contributed by atoms with Crippen molar-refractivity contribution in [3.63, 3.8) is 0 Å². The van der Waals surface area contributed by atoms with Crippen molar-refractivity contribution >= 4 is 0 Å². The molecule has 0 aromatic carbocycles. The molecule has 0 aliphatic rings. The Hall–Kier alpha value is -0.0800. The molecule has 0 atom stereocenters. The molecule has 0 aromatic heterocycles. The van der Waals surface area contributed by atoms with Gasteiger partial charge in [0.15, 0.2) is 0 Å². The van der Waals surface area contributed by atoms with Gasteiger partial charge in [-0.05, 0) is 26.7 Å². The number of hydrogen-bond donors (Lipinski definition) is 0. The molecule has 0 aromatic rings. The van der Waals surface area contributed by atoms with E-state index in [1.807, 2.05) is 0 Å². The van der Waals surface area contributed by atoms with Gasteiger partial charge in [0.05, 0.1) is 6.67 Å². The Bertz CT molecular complexity index is 70.7. The highest BCUT2D eigenvalue weighted by molar-refractivity contribution is 4.50. The fourth-order valence-electron chi connectivity index (χ4n) is 0.865. The van der Waals surface area contributed by atoms with E-state index in [-0.39, 0.29) is 29.7 Å². The summed E-state index contributed by atoms with van der Waals surface area (Å²) in [7, 11) is 2.15. The topological polar surface area (TPSA) is 6.48 Å². The predicted molar refractivity (Wildman–Crippen MR) is 73.0 cm³/mol. The molecule has 0 saturated heterocycles.